The third-order valence-corrected chi connectivity index (χ3v) is 6.71. The van der Waals surface area contributed by atoms with Crippen LogP contribution in [0.25, 0.3) is 0 Å². The Morgan fingerprint density at radius 2 is 1.87 bits per heavy atom. The SMILES string of the molecule is COc1ccc(C2Oc3ccc(Cl)cc3C3CC(c4cccs4)=NN32)c(OC)c1OC. The van der Waals surface area contributed by atoms with Gasteiger partial charge in [-0.2, -0.15) is 5.10 Å². The predicted octanol–water partition coefficient (Wildman–Crippen LogP) is 5.67. The summed E-state index contributed by atoms with van der Waals surface area (Å²) in [6.45, 7) is 0. The van der Waals surface area contributed by atoms with Gasteiger partial charge in [-0.25, -0.2) is 5.01 Å². The fourth-order valence-corrected chi connectivity index (χ4v) is 5.08. The maximum Gasteiger partial charge on any atom is 0.217 e. The summed E-state index contributed by atoms with van der Waals surface area (Å²) in [6, 6.07) is 13.6. The van der Waals surface area contributed by atoms with E-state index in [1.807, 2.05) is 41.4 Å². The van der Waals surface area contributed by atoms with Gasteiger partial charge in [-0.1, -0.05) is 17.7 Å². The van der Waals surface area contributed by atoms with E-state index in [0.29, 0.717) is 22.3 Å². The van der Waals surface area contributed by atoms with E-state index in [0.717, 1.165) is 33.9 Å². The molecular weight excluding hydrogens is 436 g/mol. The summed E-state index contributed by atoms with van der Waals surface area (Å²) in [5.74, 6) is 2.45. The summed E-state index contributed by atoms with van der Waals surface area (Å²) in [4.78, 5) is 1.15. The number of nitrogens with zero attached hydrogens (tertiary/aromatic N) is 2. The molecule has 0 spiro atoms. The Hall–Kier alpha value is -2.90. The molecule has 0 amide bonds. The molecule has 1 aromatic heterocycles. The predicted molar refractivity (Wildman–Crippen MR) is 121 cm³/mol. The van der Waals surface area contributed by atoms with E-state index in [1.54, 1.807) is 32.7 Å². The maximum atomic E-state index is 6.46. The van der Waals surface area contributed by atoms with Crippen LogP contribution in [0.2, 0.25) is 5.02 Å². The molecule has 5 rings (SSSR count). The van der Waals surface area contributed by atoms with Crippen LogP contribution in [0.15, 0.2) is 52.9 Å². The molecule has 31 heavy (non-hydrogen) atoms. The molecule has 2 aliphatic rings. The monoisotopic (exact) mass is 456 g/mol. The molecular formula is C23H21ClN2O4S. The first-order chi connectivity index (χ1) is 15.1. The van der Waals surface area contributed by atoms with Crippen LogP contribution >= 0.6 is 22.9 Å². The largest absolute Gasteiger partial charge is 0.493 e. The van der Waals surface area contributed by atoms with Crippen molar-refractivity contribution in [1.82, 2.24) is 5.01 Å². The fraction of sp³-hybridized carbons (Fsp3) is 0.261. The fourth-order valence-electron chi connectivity index (χ4n) is 4.17. The molecule has 8 heteroatoms. The summed E-state index contributed by atoms with van der Waals surface area (Å²) >= 11 is 8.00. The van der Waals surface area contributed by atoms with Crippen LogP contribution in [0, 0.1) is 0 Å². The molecule has 6 nitrogen and oxygen atoms in total. The van der Waals surface area contributed by atoms with Crippen LogP contribution in [-0.4, -0.2) is 32.0 Å². The van der Waals surface area contributed by atoms with Crippen LogP contribution in [0.3, 0.4) is 0 Å². The zero-order valence-corrected chi connectivity index (χ0v) is 18.9. The average Bonchev–Trinajstić information content (AvgIpc) is 3.47. The number of hydrogen-bond acceptors (Lipinski definition) is 7. The van der Waals surface area contributed by atoms with Crippen LogP contribution < -0.4 is 18.9 Å². The first kappa shape index (κ1) is 20.0. The van der Waals surface area contributed by atoms with Crippen molar-refractivity contribution in [2.24, 2.45) is 5.10 Å². The maximum absolute atomic E-state index is 6.46. The Labute approximate surface area is 189 Å². The number of hydrazone groups is 1. The minimum Gasteiger partial charge on any atom is -0.493 e. The van der Waals surface area contributed by atoms with E-state index in [2.05, 4.69) is 11.4 Å². The molecule has 2 unspecified atom stereocenters. The number of halogens is 1. The lowest BCUT2D eigenvalue weighted by molar-refractivity contribution is -0.0205. The number of fused-ring (bicyclic) bond motifs is 3. The summed E-state index contributed by atoms with van der Waals surface area (Å²) in [7, 11) is 4.80. The van der Waals surface area contributed by atoms with Gasteiger partial charge in [-0.05, 0) is 41.8 Å². The van der Waals surface area contributed by atoms with E-state index in [4.69, 9.17) is 35.6 Å². The highest BCUT2D eigenvalue weighted by Crippen LogP contribution is 2.52. The lowest BCUT2D eigenvalue weighted by Gasteiger charge is -2.38. The van der Waals surface area contributed by atoms with E-state index in [9.17, 15) is 0 Å². The molecule has 0 saturated carbocycles. The first-order valence-electron chi connectivity index (χ1n) is 9.79. The second kappa shape index (κ2) is 7.98. The van der Waals surface area contributed by atoms with Crippen molar-refractivity contribution < 1.29 is 18.9 Å². The van der Waals surface area contributed by atoms with Crippen LogP contribution in [0.5, 0.6) is 23.0 Å². The number of rotatable bonds is 5. The summed E-state index contributed by atoms with van der Waals surface area (Å²) in [5, 5.41) is 9.71. The average molecular weight is 457 g/mol. The van der Waals surface area contributed by atoms with E-state index < -0.39 is 6.23 Å². The van der Waals surface area contributed by atoms with Gasteiger partial charge in [0.2, 0.25) is 12.0 Å². The third-order valence-electron chi connectivity index (χ3n) is 5.56. The topological polar surface area (TPSA) is 52.5 Å². The minimum atomic E-state index is -0.495. The normalized spacial score (nSPS) is 19.2. The van der Waals surface area contributed by atoms with Crippen molar-refractivity contribution in [3.05, 3.63) is 68.9 Å². The Balaban J connectivity index is 1.66. The van der Waals surface area contributed by atoms with Gasteiger partial charge in [0.1, 0.15) is 5.75 Å². The van der Waals surface area contributed by atoms with Gasteiger partial charge < -0.3 is 18.9 Å². The van der Waals surface area contributed by atoms with Gasteiger partial charge in [0.15, 0.2) is 11.5 Å². The number of thiophene rings is 1. The van der Waals surface area contributed by atoms with Gasteiger partial charge in [0.25, 0.3) is 0 Å². The molecule has 3 heterocycles. The number of methoxy groups -OCH3 is 3. The van der Waals surface area contributed by atoms with Crippen LogP contribution in [-0.2, 0) is 0 Å². The zero-order chi connectivity index (χ0) is 21.5. The lowest BCUT2D eigenvalue weighted by atomic mass is 9.97. The van der Waals surface area contributed by atoms with Crippen molar-refractivity contribution in [1.29, 1.82) is 0 Å². The molecule has 2 atom stereocenters. The molecule has 0 aliphatic carbocycles. The van der Waals surface area contributed by atoms with E-state index in [-0.39, 0.29) is 6.04 Å². The second-order valence-electron chi connectivity index (χ2n) is 7.20. The smallest absolute Gasteiger partial charge is 0.217 e. The van der Waals surface area contributed by atoms with Gasteiger partial charge >= 0.3 is 0 Å². The van der Waals surface area contributed by atoms with Crippen LogP contribution in [0.4, 0.5) is 0 Å². The highest BCUT2D eigenvalue weighted by molar-refractivity contribution is 7.12. The number of ether oxygens (including phenoxy) is 4. The molecule has 0 radical (unpaired) electrons. The van der Waals surface area contributed by atoms with E-state index in [1.165, 1.54) is 0 Å². The van der Waals surface area contributed by atoms with Gasteiger partial charge in [-0.3, -0.25) is 0 Å². The zero-order valence-electron chi connectivity index (χ0n) is 17.3. The Morgan fingerprint density at radius 1 is 1.03 bits per heavy atom. The Bertz CT molecular complexity index is 1150. The Morgan fingerprint density at radius 3 is 2.58 bits per heavy atom. The van der Waals surface area contributed by atoms with Crippen molar-refractivity contribution in [2.45, 2.75) is 18.7 Å². The van der Waals surface area contributed by atoms with E-state index >= 15 is 0 Å². The van der Waals surface area contributed by atoms with Gasteiger partial charge in [-0.15, -0.1) is 11.3 Å². The molecule has 2 aromatic carbocycles. The minimum absolute atomic E-state index is 0.00218. The second-order valence-corrected chi connectivity index (χ2v) is 8.58. The van der Waals surface area contributed by atoms with Gasteiger partial charge in [0.05, 0.1) is 43.5 Å². The van der Waals surface area contributed by atoms with Gasteiger partial charge in [0, 0.05) is 17.0 Å². The molecule has 0 saturated heterocycles. The molecule has 0 fully saturated rings. The molecule has 2 aliphatic heterocycles. The molecule has 0 bridgehead atoms. The van der Waals surface area contributed by atoms with Crippen LogP contribution in [0.1, 0.15) is 34.7 Å². The highest BCUT2D eigenvalue weighted by atomic mass is 35.5. The van der Waals surface area contributed by atoms with Crippen molar-refractivity contribution >= 4 is 28.6 Å². The standard InChI is InChI=1S/C23H21ClN2O4S/c1-27-19-9-7-14(21(28-2)22(19)29-3)23-26-17(12-16(25-26)20-5-4-10-31-20)15-11-13(24)6-8-18(15)30-23/h4-11,17,23H,12H2,1-3H3. The van der Waals surface area contributed by atoms with Crippen molar-refractivity contribution in [2.75, 3.05) is 21.3 Å². The number of hydrogen-bond donors (Lipinski definition) is 0. The Kier molecular flexibility index (Phi) is 5.16. The summed E-state index contributed by atoms with van der Waals surface area (Å²) < 4.78 is 23.2. The highest BCUT2D eigenvalue weighted by Gasteiger charge is 2.43. The summed E-state index contributed by atoms with van der Waals surface area (Å²) in [5.41, 5.74) is 2.86. The molecule has 3 aromatic rings. The van der Waals surface area contributed by atoms with Crippen molar-refractivity contribution in [3.8, 4) is 23.0 Å². The molecule has 0 N–H and O–H groups in total. The lowest BCUT2D eigenvalue weighted by Crippen LogP contribution is -2.34. The number of benzene rings is 2. The quantitative estimate of drug-likeness (QED) is 0.495. The molecule has 160 valence electrons. The van der Waals surface area contributed by atoms with Crippen molar-refractivity contribution in [3.63, 3.8) is 0 Å². The third kappa shape index (κ3) is 3.28. The summed E-state index contributed by atoms with van der Waals surface area (Å²) in [6.07, 6.45) is 0.273. The first-order valence-corrected chi connectivity index (χ1v) is 11.0.